The quantitative estimate of drug-likeness (QED) is 0.882. The summed E-state index contributed by atoms with van der Waals surface area (Å²) in [7, 11) is 0. The smallest absolute Gasteiger partial charge is 0.132 e. The first-order valence-electron chi connectivity index (χ1n) is 7.59. The Kier molecular flexibility index (Phi) is 3.73. The predicted octanol–water partition coefficient (Wildman–Crippen LogP) is 4.67. The van der Waals surface area contributed by atoms with Crippen LogP contribution in [0.4, 0.5) is 0 Å². The fraction of sp³-hybridized carbons (Fsp3) is 0.368. The molecule has 1 N–H and O–H groups in total. The summed E-state index contributed by atoms with van der Waals surface area (Å²) in [6, 6.07) is 14.7. The molecule has 0 bridgehead atoms. The van der Waals surface area contributed by atoms with E-state index < -0.39 is 0 Å². The van der Waals surface area contributed by atoms with Crippen LogP contribution in [0.3, 0.4) is 0 Å². The van der Waals surface area contributed by atoms with Crippen molar-refractivity contribution in [3.63, 3.8) is 0 Å². The van der Waals surface area contributed by atoms with Gasteiger partial charge < -0.3 is 10.1 Å². The zero-order valence-electron chi connectivity index (χ0n) is 13.1. The fourth-order valence-electron chi connectivity index (χ4n) is 2.85. The minimum absolute atomic E-state index is 0.288. The topological polar surface area (TPSA) is 21.3 Å². The predicted molar refractivity (Wildman–Crippen MR) is 86.7 cm³/mol. The van der Waals surface area contributed by atoms with Crippen molar-refractivity contribution >= 4 is 0 Å². The lowest BCUT2D eigenvalue weighted by atomic mass is 9.88. The van der Waals surface area contributed by atoms with E-state index >= 15 is 0 Å². The van der Waals surface area contributed by atoms with Crippen LogP contribution >= 0.6 is 0 Å². The number of hydrogen-bond donors (Lipinski definition) is 1. The molecule has 0 radical (unpaired) electrons. The highest BCUT2D eigenvalue weighted by molar-refractivity contribution is 5.45. The lowest BCUT2D eigenvalue weighted by Gasteiger charge is -2.18. The van der Waals surface area contributed by atoms with Crippen LogP contribution in [0.25, 0.3) is 0 Å². The van der Waals surface area contributed by atoms with Crippen molar-refractivity contribution in [3.05, 3.63) is 59.2 Å². The van der Waals surface area contributed by atoms with Crippen LogP contribution in [0.15, 0.2) is 42.5 Å². The Morgan fingerprint density at radius 3 is 2.67 bits per heavy atom. The molecule has 0 saturated carbocycles. The summed E-state index contributed by atoms with van der Waals surface area (Å²) in [4.78, 5) is 0. The maximum Gasteiger partial charge on any atom is 0.132 e. The van der Waals surface area contributed by atoms with Gasteiger partial charge in [-0.2, -0.15) is 0 Å². The average molecular weight is 281 g/mol. The zero-order chi connectivity index (χ0) is 14.9. The third kappa shape index (κ3) is 3.45. The van der Waals surface area contributed by atoms with Crippen molar-refractivity contribution in [3.8, 4) is 11.5 Å². The van der Waals surface area contributed by atoms with Gasteiger partial charge in [0.1, 0.15) is 11.5 Å². The van der Waals surface area contributed by atoms with Gasteiger partial charge in [-0.3, -0.25) is 0 Å². The molecular weight excluding hydrogens is 258 g/mol. The van der Waals surface area contributed by atoms with E-state index in [1.165, 1.54) is 16.7 Å². The Morgan fingerprint density at radius 1 is 1.05 bits per heavy atom. The molecule has 0 unspecified atom stereocenters. The molecule has 2 heteroatoms. The summed E-state index contributed by atoms with van der Waals surface area (Å²) in [5.74, 6) is 1.91. The third-order valence-corrected chi connectivity index (χ3v) is 3.71. The number of ether oxygens (including phenoxy) is 1. The monoisotopic (exact) mass is 281 g/mol. The van der Waals surface area contributed by atoms with E-state index in [-0.39, 0.29) is 5.41 Å². The van der Waals surface area contributed by atoms with Crippen LogP contribution < -0.4 is 10.1 Å². The number of fused-ring (bicyclic) bond motifs is 1. The SMILES string of the molecule is CC(C)(C)Cc1cccc(Oc2cccc3c2CNC3)c1. The van der Waals surface area contributed by atoms with Crippen LogP contribution in [-0.4, -0.2) is 0 Å². The molecule has 21 heavy (non-hydrogen) atoms. The molecule has 0 aliphatic carbocycles. The normalized spacial score (nSPS) is 14.0. The van der Waals surface area contributed by atoms with E-state index in [9.17, 15) is 0 Å². The van der Waals surface area contributed by atoms with Gasteiger partial charge in [0.2, 0.25) is 0 Å². The second kappa shape index (κ2) is 5.53. The molecule has 1 heterocycles. The first kappa shape index (κ1) is 14.2. The van der Waals surface area contributed by atoms with Gasteiger partial charge in [0.05, 0.1) is 0 Å². The fourth-order valence-corrected chi connectivity index (χ4v) is 2.85. The van der Waals surface area contributed by atoms with E-state index in [4.69, 9.17) is 4.74 Å². The second-order valence-electron chi connectivity index (χ2n) is 6.98. The Labute approximate surface area is 127 Å². The van der Waals surface area contributed by atoms with Gasteiger partial charge in [0, 0.05) is 18.7 Å². The van der Waals surface area contributed by atoms with Gasteiger partial charge >= 0.3 is 0 Å². The average Bonchev–Trinajstić information content (AvgIpc) is 2.86. The molecule has 2 nitrogen and oxygen atoms in total. The lowest BCUT2D eigenvalue weighted by Crippen LogP contribution is -2.09. The lowest BCUT2D eigenvalue weighted by molar-refractivity contribution is 0.409. The van der Waals surface area contributed by atoms with Crippen molar-refractivity contribution in [2.75, 3.05) is 0 Å². The molecule has 0 atom stereocenters. The summed E-state index contributed by atoms with van der Waals surface area (Å²) < 4.78 is 6.14. The van der Waals surface area contributed by atoms with E-state index in [0.717, 1.165) is 31.0 Å². The highest BCUT2D eigenvalue weighted by Crippen LogP contribution is 2.31. The minimum Gasteiger partial charge on any atom is -0.457 e. The van der Waals surface area contributed by atoms with Crippen LogP contribution in [0.2, 0.25) is 0 Å². The van der Waals surface area contributed by atoms with Crippen molar-refractivity contribution < 1.29 is 4.74 Å². The van der Waals surface area contributed by atoms with Crippen LogP contribution in [-0.2, 0) is 19.5 Å². The second-order valence-corrected chi connectivity index (χ2v) is 6.98. The number of benzene rings is 2. The molecule has 0 saturated heterocycles. The summed E-state index contributed by atoms with van der Waals surface area (Å²) in [5.41, 5.74) is 4.25. The van der Waals surface area contributed by atoms with Crippen LogP contribution in [0, 0.1) is 5.41 Å². The zero-order valence-corrected chi connectivity index (χ0v) is 13.1. The number of rotatable bonds is 3. The molecule has 1 aliphatic rings. The maximum absolute atomic E-state index is 6.14. The van der Waals surface area contributed by atoms with E-state index in [2.05, 4.69) is 62.5 Å². The Hall–Kier alpha value is -1.80. The van der Waals surface area contributed by atoms with E-state index in [1.807, 2.05) is 6.07 Å². The van der Waals surface area contributed by atoms with Gasteiger partial charge in [0.25, 0.3) is 0 Å². The Bertz CT molecular complexity index is 640. The van der Waals surface area contributed by atoms with Crippen molar-refractivity contribution in [1.82, 2.24) is 5.32 Å². The minimum atomic E-state index is 0.288. The van der Waals surface area contributed by atoms with Crippen LogP contribution in [0.5, 0.6) is 11.5 Å². The molecule has 0 aromatic heterocycles. The van der Waals surface area contributed by atoms with Crippen molar-refractivity contribution in [1.29, 1.82) is 0 Å². The summed E-state index contributed by atoms with van der Waals surface area (Å²) in [5, 5.41) is 3.38. The standard InChI is InChI=1S/C19H23NO/c1-19(2,3)11-14-6-4-8-16(10-14)21-18-9-5-7-15-12-20-13-17(15)18/h4-10,20H,11-13H2,1-3H3. The maximum atomic E-state index is 6.14. The van der Waals surface area contributed by atoms with Gasteiger partial charge in [-0.15, -0.1) is 0 Å². The molecule has 0 amide bonds. The largest absolute Gasteiger partial charge is 0.457 e. The highest BCUT2D eigenvalue weighted by Gasteiger charge is 2.16. The van der Waals surface area contributed by atoms with Crippen molar-refractivity contribution in [2.45, 2.75) is 40.3 Å². The molecule has 110 valence electrons. The highest BCUT2D eigenvalue weighted by atomic mass is 16.5. The number of nitrogens with one attached hydrogen (secondary N) is 1. The van der Waals surface area contributed by atoms with E-state index in [1.54, 1.807) is 0 Å². The first-order chi connectivity index (χ1) is 10.0. The summed E-state index contributed by atoms with van der Waals surface area (Å²) in [6.45, 7) is 8.62. The number of hydrogen-bond acceptors (Lipinski definition) is 2. The molecule has 2 aromatic carbocycles. The molecule has 0 spiro atoms. The molecule has 0 fully saturated rings. The van der Waals surface area contributed by atoms with Crippen LogP contribution in [0.1, 0.15) is 37.5 Å². The third-order valence-electron chi connectivity index (χ3n) is 3.71. The molecule has 1 aliphatic heterocycles. The van der Waals surface area contributed by atoms with Gasteiger partial charge in [-0.05, 0) is 41.2 Å². The van der Waals surface area contributed by atoms with Gasteiger partial charge in [-0.25, -0.2) is 0 Å². The molecule has 2 aromatic rings. The summed E-state index contributed by atoms with van der Waals surface area (Å²) >= 11 is 0. The van der Waals surface area contributed by atoms with E-state index in [0.29, 0.717) is 0 Å². The van der Waals surface area contributed by atoms with Crippen molar-refractivity contribution in [2.24, 2.45) is 5.41 Å². The first-order valence-corrected chi connectivity index (χ1v) is 7.59. The molecule has 3 rings (SSSR count). The molecular formula is C19H23NO. The van der Waals surface area contributed by atoms with Gasteiger partial charge in [0.15, 0.2) is 0 Å². The Morgan fingerprint density at radius 2 is 1.86 bits per heavy atom. The van der Waals surface area contributed by atoms with Gasteiger partial charge in [-0.1, -0.05) is 45.0 Å². The summed E-state index contributed by atoms with van der Waals surface area (Å²) in [6.07, 6.45) is 1.05. The Balaban J connectivity index is 1.83.